The third-order valence-corrected chi connectivity index (χ3v) is 4.85. The van der Waals surface area contributed by atoms with Gasteiger partial charge in [0.25, 0.3) is 0 Å². The Balaban J connectivity index is 1.79. The molecule has 0 bridgehead atoms. The maximum absolute atomic E-state index is 11.5. The lowest BCUT2D eigenvalue weighted by Gasteiger charge is -2.36. The summed E-state index contributed by atoms with van der Waals surface area (Å²) in [6, 6.07) is 8.88. The maximum atomic E-state index is 11.5. The van der Waals surface area contributed by atoms with Crippen LogP contribution in [0, 0.1) is 12.8 Å². The van der Waals surface area contributed by atoms with E-state index >= 15 is 0 Å². The molecule has 1 aliphatic rings. The summed E-state index contributed by atoms with van der Waals surface area (Å²) in [5.41, 5.74) is 10.1. The second kappa shape index (κ2) is 6.54. The number of carbonyl (C=O) groups is 1. The van der Waals surface area contributed by atoms with E-state index in [2.05, 4.69) is 53.2 Å². The Morgan fingerprint density at radius 3 is 2.78 bits per heavy atom. The molecule has 1 saturated heterocycles. The van der Waals surface area contributed by atoms with E-state index in [1.807, 2.05) is 6.20 Å². The molecule has 0 radical (unpaired) electrons. The molecular weight excluding hydrogens is 288 g/mol. The number of benzene rings is 1. The lowest BCUT2D eigenvalue weighted by Crippen LogP contribution is -2.45. The van der Waals surface area contributed by atoms with E-state index in [1.54, 1.807) is 0 Å². The number of nitrogens with one attached hydrogen (secondary N) is 1. The number of nitrogens with two attached hydrogens (primary N) is 1. The number of primary amides is 1. The Kier molecular flexibility index (Phi) is 4.48. The van der Waals surface area contributed by atoms with Gasteiger partial charge < -0.3 is 5.73 Å². The zero-order chi connectivity index (χ0) is 16.4. The van der Waals surface area contributed by atoms with Crippen LogP contribution in [-0.4, -0.2) is 33.6 Å². The minimum Gasteiger partial charge on any atom is -0.369 e. The Hall–Kier alpha value is -2.14. The number of likely N-dealkylation sites (tertiary alicyclic amines) is 1. The van der Waals surface area contributed by atoms with Crippen LogP contribution in [0.1, 0.15) is 30.9 Å². The summed E-state index contributed by atoms with van der Waals surface area (Å²) in [5.74, 6) is -0.228. The highest BCUT2D eigenvalue weighted by atomic mass is 16.1. The van der Waals surface area contributed by atoms with Crippen LogP contribution >= 0.6 is 0 Å². The average molecular weight is 312 g/mol. The molecule has 2 atom stereocenters. The molecule has 1 fully saturated rings. The molecule has 1 aromatic heterocycles. The second-order valence-electron chi connectivity index (χ2n) is 6.59. The average Bonchev–Trinajstić information content (AvgIpc) is 2.98. The van der Waals surface area contributed by atoms with Crippen molar-refractivity contribution in [3.05, 3.63) is 41.6 Å². The van der Waals surface area contributed by atoms with Crippen molar-refractivity contribution in [1.82, 2.24) is 15.1 Å². The summed E-state index contributed by atoms with van der Waals surface area (Å²) in [6.45, 7) is 5.81. The van der Waals surface area contributed by atoms with Gasteiger partial charge in [-0.1, -0.05) is 29.8 Å². The Morgan fingerprint density at radius 2 is 2.09 bits per heavy atom. The molecule has 23 heavy (non-hydrogen) atoms. The third kappa shape index (κ3) is 3.45. The smallest absolute Gasteiger partial charge is 0.221 e. The number of piperidine rings is 1. The third-order valence-electron chi connectivity index (χ3n) is 4.85. The Labute approximate surface area is 136 Å². The van der Waals surface area contributed by atoms with Crippen LogP contribution in [0.4, 0.5) is 0 Å². The summed E-state index contributed by atoms with van der Waals surface area (Å²) in [5, 5.41) is 7.33. The predicted octanol–water partition coefficient (Wildman–Crippen LogP) is 2.47. The first-order chi connectivity index (χ1) is 11.0. The van der Waals surface area contributed by atoms with Gasteiger partial charge in [-0.2, -0.15) is 5.10 Å². The minimum absolute atomic E-state index is 0.0408. The molecule has 0 unspecified atom stereocenters. The van der Waals surface area contributed by atoms with E-state index in [4.69, 9.17) is 5.73 Å². The predicted molar refractivity (Wildman–Crippen MR) is 90.6 cm³/mol. The van der Waals surface area contributed by atoms with Crippen molar-refractivity contribution in [1.29, 1.82) is 0 Å². The first-order valence-electron chi connectivity index (χ1n) is 8.17. The number of aromatic amines is 1. The van der Waals surface area contributed by atoms with Crippen molar-refractivity contribution in [3.63, 3.8) is 0 Å². The van der Waals surface area contributed by atoms with Gasteiger partial charge in [0, 0.05) is 24.7 Å². The van der Waals surface area contributed by atoms with Crippen molar-refractivity contribution >= 4 is 5.91 Å². The van der Waals surface area contributed by atoms with E-state index < -0.39 is 0 Å². The number of H-pyrrole nitrogens is 1. The van der Waals surface area contributed by atoms with E-state index in [1.165, 1.54) is 5.56 Å². The number of aromatic nitrogens is 2. The van der Waals surface area contributed by atoms with Crippen LogP contribution in [0.3, 0.4) is 0 Å². The highest BCUT2D eigenvalue weighted by Gasteiger charge is 2.29. The van der Waals surface area contributed by atoms with Gasteiger partial charge in [0.05, 0.1) is 17.8 Å². The molecule has 3 N–H and O–H groups in total. The maximum Gasteiger partial charge on any atom is 0.221 e. The van der Waals surface area contributed by atoms with Crippen molar-refractivity contribution < 1.29 is 4.79 Å². The molecule has 5 nitrogen and oxygen atoms in total. The van der Waals surface area contributed by atoms with Gasteiger partial charge in [-0.15, -0.1) is 0 Å². The lowest BCUT2D eigenvalue weighted by molar-refractivity contribution is -0.124. The summed E-state index contributed by atoms with van der Waals surface area (Å²) in [7, 11) is 0. The van der Waals surface area contributed by atoms with Crippen LogP contribution in [0.2, 0.25) is 0 Å². The summed E-state index contributed by atoms with van der Waals surface area (Å²) < 4.78 is 0. The van der Waals surface area contributed by atoms with E-state index in [9.17, 15) is 4.79 Å². The number of hydrogen-bond donors (Lipinski definition) is 2. The van der Waals surface area contributed by atoms with Gasteiger partial charge >= 0.3 is 0 Å². The van der Waals surface area contributed by atoms with Gasteiger partial charge in [0.15, 0.2) is 0 Å². The summed E-state index contributed by atoms with van der Waals surface area (Å²) in [4.78, 5) is 13.8. The fraction of sp³-hybridized carbons (Fsp3) is 0.444. The van der Waals surface area contributed by atoms with Gasteiger partial charge in [0.2, 0.25) is 5.91 Å². The second-order valence-corrected chi connectivity index (χ2v) is 6.59. The number of carbonyl (C=O) groups excluding carboxylic acids is 1. The van der Waals surface area contributed by atoms with Crippen molar-refractivity contribution in [2.45, 2.75) is 39.3 Å². The van der Waals surface area contributed by atoms with Crippen molar-refractivity contribution in [2.24, 2.45) is 11.7 Å². The SMILES string of the molecule is Cc1ccc(-c2[nH]ncc2CN2C[C@@H](C(N)=O)CC[C@@H]2C)cc1. The zero-order valence-corrected chi connectivity index (χ0v) is 13.7. The molecule has 0 spiro atoms. The number of aryl methyl sites for hydroxylation is 1. The Morgan fingerprint density at radius 1 is 1.35 bits per heavy atom. The van der Waals surface area contributed by atoms with Crippen LogP contribution in [0.15, 0.2) is 30.5 Å². The first kappa shape index (κ1) is 15.7. The highest BCUT2D eigenvalue weighted by Crippen LogP contribution is 2.27. The normalized spacial score (nSPS) is 22.2. The molecular formula is C18H24N4O. The van der Waals surface area contributed by atoms with Crippen molar-refractivity contribution in [2.75, 3.05) is 6.54 Å². The molecule has 2 aromatic rings. The number of hydrogen-bond acceptors (Lipinski definition) is 3. The molecule has 0 aliphatic carbocycles. The molecule has 1 aromatic carbocycles. The molecule has 0 saturated carbocycles. The molecule has 2 heterocycles. The van der Waals surface area contributed by atoms with Crippen LogP contribution in [0.5, 0.6) is 0 Å². The largest absolute Gasteiger partial charge is 0.369 e. The topological polar surface area (TPSA) is 75.0 Å². The van der Waals surface area contributed by atoms with Crippen LogP contribution in [0.25, 0.3) is 11.3 Å². The standard InChI is InChI=1S/C18H24N4O/c1-12-3-6-14(7-4-12)17-16(9-20-21-17)11-22-10-15(18(19)23)8-5-13(22)2/h3-4,6-7,9,13,15H,5,8,10-11H2,1-2H3,(H2,19,23)(H,20,21)/t13-,15-/m0/s1. The molecule has 1 amide bonds. The minimum atomic E-state index is -0.187. The van der Waals surface area contributed by atoms with E-state index in [0.717, 1.165) is 42.8 Å². The fourth-order valence-corrected chi connectivity index (χ4v) is 3.25. The number of amides is 1. The molecule has 3 rings (SSSR count). The van der Waals surface area contributed by atoms with Gasteiger partial charge in [-0.25, -0.2) is 0 Å². The van der Waals surface area contributed by atoms with Crippen LogP contribution in [-0.2, 0) is 11.3 Å². The van der Waals surface area contributed by atoms with Gasteiger partial charge in [0.1, 0.15) is 0 Å². The summed E-state index contributed by atoms with van der Waals surface area (Å²) in [6.07, 6.45) is 3.78. The molecule has 1 aliphatic heterocycles. The zero-order valence-electron chi connectivity index (χ0n) is 13.7. The number of nitrogens with zero attached hydrogens (tertiary/aromatic N) is 2. The number of rotatable bonds is 4. The highest BCUT2D eigenvalue weighted by molar-refractivity contribution is 5.77. The van der Waals surface area contributed by atoms with E-state index in [0.29, 0.717) is 6.04 Å². The molecule has 5 heteroatoms. The fourth-order valence-electron chi connectivity index (χ4n) is 3.25. The molecule has 122 valence electrons. The monoisotopic (exact) mass is 312 g/mol. The van der Waals surface area contributed by atoms with Crippen LogP contribution < -0.4 is 5.73 Å². The quantitative estimate of drug-likeness (QED) is 0.910. The van der Waals surface area contributed by atoms with Gasteiger partial charge in [-0.05, 0) is 32.3 Å². The Bertz CT molecular complexity index is 677. The summed E-state index contributed by atoms with van der Waals surface area (Å²) >= 11 is 0. The van der Waals surface area contributed by atoms with Crippen molar-refractivity contribution in [3.8, 4) is 11.3 Å². The van der Waals surface area contributed by atoms with E-state index in [-0.39, 0.29) is 11.8 Å². The van der Waals surface area contributed by atoms with Gasteiger partial charge in [-0.3, -0.25) is 14.8 Å². The first-order valence-corrected chi connectivity index (χ1v) is 8.17. The lowest BCUT2D eigenvalue weighted by atomic mass is 9.92.